The summed E-state index contributed by atoms with van der Waals surface area (Å²) in [5, 5.41) is 13.0. The zero-order valence-electron chi connectivity index (χ0n) is 12.7. The number of ether oxygens (including phenoxy) is 1. The number of aromatic nitrogens is 4. The minimum absolute atomic E-state index is 0.258. The maximum atomic E-state index is 5.55. The van der Waals surface area contributed by atoms with Crippen molar-refractivity contribution >= 4 is 5.82 Å². The van der Waals surface area contributed by atoms with Gasteiger partial charge in [0.15, 0.2) is 11.6 Å². The molecule has 1 fully saturated rings. The third kappa shape index (κ3) is 2.90. The Balaban J connectivity index is 1.75. The summed E-state index contributed by atoms with van der Waals surface area (Å²) in [6.07, 6.45) is 3.26. The molecule has 0 bridgehead atoms. The largest absolute Gasteiger partial charge is 0.379 e. The zero-order valence-corrected chi connectivity index (χ0v) is 12.7. The molecule has 0 spiro atoms. The summed E-state index contributed by atoms with van der Waals surface area (Å²) in [5.74, 6) is 2.22. The van der Waals surface area contributed by atoms with E-state index < -0.39 is 0 Å². The van der Waals surface area contributed by atoms with Gasteiger partial charge in [0, 0.05) is 26.4 Å². The lowest BCUT2D eigenvalue weighted by molar-refractivity contribution is 0.0496. The highest BCUT2D eigenvalue weighted by molar-refractivity contribution is 5.40. The van der Waals surface area contributed by atoms with E-state index in [2.05, 4.69) is 27.1 Å². The van der Waals surface area contributed by atoms with E-state index >= 15 is 0 Å². The molecule has 2 aromatic rings. The van der Waals surface area contributed by atoms with E-state index in [9.17, 15) is 0 Å². The molecule has 2 atom stereocenters. The summed E-state index contributed by atoms with van der Waals surface area (Å²) < 4.78 is 7.29. The molecule has 2 aromatic heterocycles. The third-order valence-electron chi connectivity index (χ3n) is 4.11. The van der Waals surface area contributed by atoms with Crippen molar-refractivity contribution in [2.75, 3.05) is 25.1 Å². The summed E-state index contributed by atoms with van der Waals surface area (Å²) in [5.41, 5.74) is 0.967. The van der Waals surface area contributed by atoms with Crippen LogP contribution < -0.4 is 4.90 Å². The van der Waals surface area contributed by atoms with Crippen molar-refractivity contribution in [2.24, 2.45) is 5.92 Å². The van der Waals surface area contributed by atoms with Crippen LogP contribution in [-0.4, -0.2) is 46.3 Å². The topological polar surface area (TPSA) is 56.1 Å². The Bertz CT molecular complexity index is 594. The summed E-state index contributed by atoms with van der Waals surface area (Å²) in [6, 6.07) is 5.90. The molecule has 0 radical (unpaired) electrons. The van der Waals surface area contributed by atoms with Crippen LogP contribution in [0.4, 0.5) is 5.82 Å². The molecule has 0 N–H and O–H groups in total. The summed E-state index contributed by atoms with van der Waals surface area (Å²) >= 11 is 0. The first-order valence-corrected chi connectivity index (χ1v) is 7.31. The Hall–Kier alpha value is -1.95. The molecule has 0 aliphatic carbocycles. The van der Waals surface area contributed by atoms with Crippen LogP contribution in [0, 0.1) is 12.8 Å². The molecule has 0 saturated carbocycles. The normalized spacial score (nSPS) is 22.5. The Morgan fingerprint density at radius 1 is 1.19 bits per heavy atom. The van der Waals surface area contributed by atoms with Gasteiger partial charge in [-0.1, -0.05) is 6.92 Å². The fourth-order valence-electron chi connectivity index (χ4n) is 2.70. The van der Waals surface area contributed by atoms with Crippen molar-refractivity contribution in [1.82, 2.24) is 20.0 Å². The predicted molar refractivity (Wildman–Crippen MR) is 80.7 cm³/mol. The molecular weight excluding hydrogens is 266 g/mol. The first kappa shape index (κ1) is 14.0. The standard InChI is InChI=1S/C15H21N5O/c1-11-6-8-19(10-13(11)21-3)14-4-5-15(17-16-14)20-9-7-12(2)18-20/h4-5,7,9,11,13H,6,8,10H2,1-3H3. The highest BCUT2D eigenvalue weighted by Crippen LogP contribution is 2.23. The number of nitrogens with zero attached hydrogens (tertiary/aromatic N) is 5. The van der Waals surface area contributed by atoms with E-state index in [0.29, 0.717) is 5.92 Å². The Morgan fingerprint density at radius 2 is 1.95 bits per heavy atom. The van der Waals surface area contributed by atoms with Gasteiger partial charge in [0.05, 0.1) is 11.8 Å². The van der Waals surface area contributed by atoms with Crippen molar-refractivity contribution in [2.45, 2.75) is 26.4 Å². The van der Waals surface area contributed by atoms with Gasteiger partial charge in [-0.2, -0.15) is 5.10 Å². The van der Waals surface area contributed by atoms with Gasteiger partial charge in [0.2, 0.25) is 0 Å². The fraction of sp³-hybridized carbons (Fsp3) is 0.533. The van der Waals surface area contributed by atoms with Gasteiger partial charge >= 0.3 is 0 Å². The molecule has 0 amide bonds. The third-order valence-corrected chi connectivity index (χ3v) is 4.11. The Kier molecular flexibility index (Phi) is 3.88. The summed E-state index contributed by atoms with van der Waals surface area (Å²) in [4.78, 5) is 2.24. The van der Waals surface area contributed by atoms with E-state index in [4.69, 9.17) is 4.74 Å². The van der Waals surface area contributed by atoms with Gasteiger partial charge in [0.25, 0.3) is 0 Å². The van der Waals surface area contributed by atoms with Crippen LogP contribution in [0.25, 0.3) is 5.82 Å². The molecule has 112 valence electrons. The molecule has 3 heterocycles. The Labute approximate surface area is 124 Å². The van der Waals surface area contributed by atoms with Crippen LogP contribution >= 0.6 is 0 Å². The van der Waals surface area contributed by atoms with Crippen molar-refractivity contribution in [3.8, 4) is 5.82 Å². The number of hydrogen-bond acceptors (Lipinski definition) is 5. The molecule has 21 heavy (non-hydrogen) atoms. The second-order valence-corrected chi connectivity index (χ2v) is 5.64. The summed E-state index contributed by atoms with van der Waals surface area (Å²) in [6.45, 7) is 6.06. The molecule has 2 unspecified atom stereocenters. The van der Waals surface area contributed by atoms with Crippen molar-refractivity contribution < 1.29 is 4.74 Å². The van der Waals surface area contributed by atoms with Crippen LogP contribution in [0.3, 0.4) is 0 Å². The van der Waals surface area contributed by atoms with Crippen molar-refractivity contribution in [3.63, 3.8) is 0 Å². The van der Waals surface area contributed by atoms with Gasteiger partial charge in [0.1, 0.15) is 0 Å². The highest BCUT2D eigenvalue weighted by Gasteiger charge is 2.26. The molecule has 6 nitrogen and oxygen atoms in total. The number of hydrogen-bond donors (Lipinski definition) is 0. The SMILES string of the molecule is COC1CN(c2ccc(-n3ccc(C)n3)nn2)CCC1C. The first-order chi connectivity index (χ1) is 10.2. The average Bonchev–Trinajstić information content (AvgIpc) is 2.94. The lowest BCUT2D eigenvalue weighted by Crippen LogP contribution is -2.44. The minimum Gasteiger partial charge on any atom is -0.379 e. The van der Waals surface area contributed by atoms with Crippen LogP contribution in [0.15, 0.2) is 24.4 Å². The first-order valence-electron chi connectivity index (χ1n) is 7.31. The molecule has 0 aromatic carbocycles. The van der Waals surface area contributed by atoms with E-state index in [1.165, 1.54) is 0 Å². The maximum absolute atomic E-state index is 5.55. The monoisotopic (exact) mass is 287 g/mol. The number of methoxy groups -OCH3 is 1. The lowest BCUT2D eigenvalue weighted by atomic mass is 9.96. The molecule has 6 heteroatoms. The van der Waals surface area contributed by atoms with Gasteiger partial charge in [-0.25, -0.2) is 4.68 Å². The number of piperidine rings is 1. The zero-order chi connectivity index (χ0) is 14.8. The number of anilines is 1. The molecular formula is C15H21N5O. The van der Waals surface area contributed by atoms with Crippen molar-refractivity contribution in [3.05, 3.63) is 30.1 Å². The number of aryl methyl sites for hydroxylation is 1. The van der Waals surface area contributed by atoms with Crippen LogP contribution in [0.2, 0.25) is 0 Å². The van der Waals surface area contributed by atoms with Gasteiger partial charge in [-0.3, -0.25) is 0 Å². The van der Waals surface area contributed by atoms with Gasteiger partial charge < -0.3 is 9.64 Å². The number of rotatable bonds is 3. The quantitative estimate of drug-likeness (QED) is 0.862. The molecule has 1 aliphatic heterocycles. The molecule has 3 rings (SSSR count). The van der Waals surface area contributed by atoms with E-state index in [1.807, 2.05) is 31.3 Å². The predicted octanol–water partition coefficient (Wildman–Crippen LogP) is 1.83. The molecule has 1 aliphatic rings. The second kappa shape index (κ2) is 5.81. The second-order valence-electron chi connectivity index (χ2n) is 5.64. The fourth-order valence-corrected chi connectivity index (χ4v) is 2.70. The highest BCUT2D eigenvalue weighted by atomic mass is 16.5. The van der Waals surface area contributed by atoms with E-state index in [-0.39, 0.29) is 6.10 Å². The van der Waals surface area contributed by atoms with Crippen molar-refractivity contribution in [1.29, 1.82) is 0 Å². The van der Waals surface area contributed by atoms with Crippen LogP contribution in [0.5, 0.6) is 0 Å². The van der Waals surface area contributed by atoms with Gasteiger partial charge in [-0.15, -0.1) is 10.2 Å². The maximum Gasteiger partial charge on any atom is 0.175 e. The molecule has 1 saturated heterocycles. The van der Waals surface area contributed by atoms with E-state index in [1.54, 1.807) is 11.8 Å². The Morgan fingerprint density at radius 3 is 2.57 bits per heavy atom. The van der Waals surface area contributed by atoms with Gasteiger partial charge in [-0.05, 0) is 37.5 Å². The minimum atomic E-state index is 0.258. The smallest absolute Gasteiger partial charge is 0.175 e. The lowest BCUT2D eigenvalue weighted by Gasteiger charge is -2.36. The van der Waals surface area contributed by atoms with Crippen LogP contribution in [0.1, 0.15) is 19.0 Å². The summed E-state index contributed by atoms with van der Waals surface area (Å²) in [7, 11) is 1.78. The van der Waals surface area contributed by atoms with E-state index in [0.717, 1.165) is 36.8 Å². The van der Waals surface area contributed by atoms with Crippen LogP contribution in [-0.2, 0) is 4.74 Å². The average molecular weight is 287 g/mol.